The Labute approximate surface area is 113 Å². The van der Waals surface area contributed by atoms with Crippen molar-refractivity contribution in [1.29, 1.82) is 0 Å². The highest BCUT2D eigenvalue weighted by atomic mass is 32.2. The van der Waals surface area contributed by atoms with Crippen LogP contribution in [0.4, 0.5) is 0 Å². The highest BCUT2D eigenvalue weighted by Gasteiger charge is 2.13. The lowest BCUT2D eigenvalue weighted by atomic mass is 10.3. The van der Waals surface area contributed by atoms with E-state index in [1.165, 1.54) is 4.90 Å². The molecule has 0 aliphatic heterocycles. The SMILES string of the molecule is CN(C)C(=O)CNS(=O)(=O)CCOc1ccccc1. The molecule has 6 nitrogen and oxygen atoms in total. The fourth-order valence-electron chi connectivity index (χ4n) is 1.19. The van der Waals surface area contributed by atoms with E-state index >= 15 is 0 Å². The first kappa shape index (κ1) is 15.5. The topological polar surface area (TPSA) is 75.7 Å². The van der Waals surface area contributed by atoms with Gasteiger partial charge in [0.15, 0.2) is 0 Å². The number of amides is 1. The molecular weight excluding hydrogens is 268 g/mol. The molecule has 0 spiro atoms. The van der Waals surface area contributed by atoms with Crippen LogP contribution in [0.1, 0.15) is 0 Å². The van der Waals surface area contributed by atoms with Gasteiger partial charge in [-0.15, -0.1) is 0 Å². The van der Waals surface area contributed by atoms with Gasteiger partial charge in [-0.25, -0.2) is 13.1 Å². The van der Waals surface area contributed by atoms with E-state index in [2.05, 4.69) is 4.72 Å². The lowest BCUT2D eigenvalue weighted by Gasteiger charge is -2.11. The Balaban J connectivity index is 2.33. The molecule has 0 aliphatic rings. The number of carbonyl (C=O) groups excluding carboxylic acids is 1. The van der Waals surface area contributed by atoms with Crippen molar-refractivity contribution in [3.63, 3.8) is 0 Å². The van der Waals surface area contributed by atoms with Crippen LogP contribution in [0.3, 0.4) is 0 Å². The first-order valence-electron chi connectivity index (χ1n) is 5.76. The molecule has 0 bridgehead atoms. The van der Waals surface area contributed by atoms with Crippen LogP contribution >= 0.6 is 0 Å². The summed E-state index contributed by atoms with van der Waals surface area (Å²) in [6.45, 7) is -0.198. The average Bonchev–Trinajstić information content (AvgIpc) is 2.37. The Kier molecular flexibility index (Phi) is 5.78. The molecule has 106 valence electrons. The van der Waals surface area contributed by atoms with Gasteiger partial charge in [-0.05, 0) is 12.1 Å². The zero-order valence-electron chi connectivity index (χ0n) is 11.0. The van der Waals surface area contributed by atoms with Gasteiger partial charge in [0.1, 0.15) is 12.4 Å². The van der Waals surface area contributed by atoms with Gasteiger partial charge >= 0.3 is 0 Å². The summed E-state index contributed by atoms with van der Waals surface area (Å²) < 4.78 is 30.7. The molecule has 0 radical (unpaired) electrons. The Morgan fingerprint density at radius 3 is 2.47 bits per heavy atom. The highest BCUT2D eigenvalue weighted by molar-refractivity contribution is 7.89. The summed E-state index contributed by atoms with van der Waals surface area (Å²) in [6.07, 6.45) is 0. The smallest absolute Gasteiger partial charge is 0.237 e. The van der Waals surface area contributed by atoms with Gasteiger partial charge in [-0.3, -0.25) is 4.79 Å². The van der Waals surface area contributed by atoms with Crippen molar-refractivity contribution < 1.29 is 17.9 Å². The molecule has 0 atom stereocenters. The maximum Gasteiger partial charge on any atom is 0.237 e. The van der Waals surface area contributed by atoms with Gasteiger partial charge in [0, 0.05) is 14.1 Å². The molecule has 0 aromatic heterocycles. The molecule has 1 aromatic rings. The van der Waals surface area contributed by atoms with Crippen molar-refractivity contribution in [2.24, 2.45) is 0 Å². The first-order chi connectivity index (χ1) is 8.91. The second kappa shape index (κ2) is 7.10. The normalized spacial score (nSPS) is 11.1. The Morgan fingerprint density at radius 2 is 1.89 bits per heavy atom. The molecule has 19 heavy (non-hydrogen) atoms. The monoisotopic (exact) mass is 286 g/mol. The summed E-state index contributed by atoms with van der Waals surface area (Å²) in [5.41, 5.74) is 0. The van der Waals surface area contributed by atoms with Gasteiger partial charge in [0.25, 0.3) is 0 Å². The number of hydrogen-bond donors (Lipinski definition) is 1. The zero-order chi connectivity index (χ0) is 14.3. The number of ether oxygens (including phenoxy) is 1. The van der Waals surface area contributed by atoms with Gasteiger partial charge in [0.05, 0.1) is 12.3 Å². The molecule has 0 saturated heterocycles. The predicted octanol–water partition coefficient (Wildman–Crippen LogP) is 0.0730. The van der Waals surface area contributed by atoms with E-state index in [0.717, 1.165) is 0 Å². The number of hydrogen-bond acceptors (Lipinski definition) is 4. The summed E-state index contributed by atoms with van der Waals surface area (Å²) in [6, 6.07) is 8.94. The van der Waals surface area contributed by atoms with E-state index in [0.29, 0.717) is 5.75 Å². The molecular formula is C12H18N2O4S. The molecule has 7 heteroatoms. The van der Waals surface area contributed by atoms with Crippen LogP contribution in [0.15, 0.2) is 30.3 Å². The van der Waals surface area contributed by atoms with Gasteiger partial charge < -0.3 is 9.64 Å². The summed E-state index contributed by atoms with van der Waals surface area (Å²) in [5.74, 6) is 0.123. The zero-order valence-corrected chi connectivity index (χ0v) is 11.8. The third kappa shape index (κ3) is 6.21. The van der Waals surface area contributed by atoms with Crippen molar-refractivity contribution in [1.82, 2.24) is 9.62 Å². The molecule has 1 amide bonds. The number of carbonyl (C=O) groups is 1. The molecule has 1 aromatic carbocycles. The maximum atomic E-state index is 11.6. The Morgan fingerprint density at radius 1 is 1.26 bits per heavy atom. The number of likely N-dealkylation sites (N-methyl/N-ethyl adjacent to an activating group) is 1. The largest absolute Gasteiger partial charge is 0.492 e. The number of nitrogens with zero attached hydrogens (tertiary/aromatic N) is 1. The lowest BCUT2D eigenvalue weighted by Crippen LogP contribution is -2.38. The van der Waals surface area contributed by atoms with Crippen molar-refractivity contribution in [3.8, 4) is 5.75 Å². The third-order valence-electron chi connectivity index (χ3n) is 2.31. The van der Waals surface area contributed by atoms with E-state index in [9.17, 15) is 13.2 Å². The molecule has 1 N–H and O–H groups in total. The maximum absolute atomic E-state index is 11.6. The van der Waals surface area contributed by atoms with Crippen LogP contribution in [0, 0.1) is 0 Å². The van der Waals surface area contributed by atoms with Gasteiger partial charge in [-0.1, -0.05) is 18.2 Å². The van der Waals surface area contributed by atoms with Crippen LogP contribution in [0.2, 0.25) is 0 Å². The van der Waals surface area contributed by atoms with Gasteiger partial charge in [-0.2, -0.15) is 0 Å². The quantitative estimate of drug-likeness (QED) is 0.770. The fraction of sp³-hybridized carbons (Fsp3) is 0.417. The molecule has 0 aliphatic carbocycles. The number of rotatable bonds is 7. The first-order valence-corrected chi connectivity index (χ1v) is 7.41. The number of benzene rings is 1. The van der Waals surface area contributed by atoms with Crippen molar-refractivity contribution >= 4 is 15.9 Å². The second-order valence-electron chi connectivity index (χ2n) is 4.09. The number of nitrogens with one attached hydrogen (secondary N) is 1. The summed E-state index contributed by atoms with van der Waals surface area (Å²) in [4.78, 5) is 12.6. The van der Waals surface area contributed by atoms with Crippen LogP contribution in [-0.4, -0.2) is 52.2 Å². The van der Waals surface area contributed by atoms with Crippen molar-refractivity contribution in [2.45, 2.75) is 0 Å². The average molecular weight is 286 g/mol. The molecule has 0 saturated carbocycles. The minimum atomic E-state index is -3.50. The third-order valence-corrected chi connectivity index (χ3v) is 3.59. The van der Waals surface area contributed by atoms with E-state index in [1.54, 1.807) is 38.4 Å². The Bertz CT molecular complexity index is 500. The molecule has 1 rings (SSSR count). The number of para-hydroxylation sites is 1. The van der Waals surface area contributed by atoms with E-state index in [4.69, 9.17) is 4.74 Å². The van der Waals surface area contributed by atoms with Crippen molar-refractivity contribution in [3.05, 3.63) is 30.3 Å². The number of sulfonamides is 1. The van der Waals surface area contributed by atoms with Crippen LogP contribution in [0.5, 0.6) is 5.75 Å². The van der Waals surface area contributed by atoms with Crippen LogP contribution in [0.25, 0.3) is 0 Å². The lowest BCUT2D eigenvalue weighted by molar-refractivity contribution is -0.127. The van der Waals surface area contributed by atoms with Crippen LogP contribution in [-0.2, 0) is 14.8 Å². The second-order valence-corrected chi connectivity index (χ2v) is 6.02. The standard InChI is InChI=1S/C12H18N2O4S/c1-14(2)12(15)10-13-19(16,17)9-8-18-11-6-4-3-5-7-11/h3-7,13H,8-10H2,1-2H3. The minimum Gasteiger partial charge on any atom is -0.492 e. The molecule has 0 heterocycles. The van der Waals surface area contributed by atoms with E-state index in [-0.39, 0.29) is 24.8 Å². The Hall–Kier alpha value is -1.60. The summed E-state index contributed by atoms with van der Waals surface area (Å²) >= 11 is 0. The molecule has 0 fully saturated rings. The predicted molar refractivity (Wildman–Crippen MR) is 72.4 cm³/mol. The summed E-state index contributed by atoms with van der Waals surface area (Å²) in [5, 5.41) is 0. The molecule has 0 unspecified atom stereocenters. The summed E-state index contributed by atoms with van der Waals surface area (Å²) in [7, 11) is -0.374. The van der Waals surface area contributed by atoms with Crippen LogP contribution < -0.4 is 9.46 Å². The van der Waals surface area contributed by atoms with E-state index < -0.39 is 10.0 Å². The van der Waals surface area contributed by atoms with Gasteiger partial charge in [0.2, 0.25) is 15.9 Å². The minimum absolute atomic E-state index is 0.0372. The van der Waals surface area contributed by atoms with Crippen molar-refractivity contribution in [2.75, 3.05) is 33.0 Å². The van der Waals surface area contributed by atoms with E-state index in [1.807, 2.05) is 6.07 Å². The fourth-order valence-corrected chi connectivity index (χ4v) is 1.98. The highest BCUT2D eigenvalue weighted by Crippen LogP contribution is 2.07.